The minimum absolute atomic E-state index is 0.110. The van der Waals surface area contributed by atoms with Crippen molar-refractivity contribution in [2.45, 2.75) is 25.0 Å². The number of benzene rings is 2. The van der Waals surface area contributed by atoms with Crippen LogP contribution in [-0.4, -0.2) is 17.9 Å². The van der Waals surface area contributed by atoms with E-state index in [0.29, 0.717) is 5.56 Å². The topological polar surface area (TPSA) is 55.4 Å². The average molecular weight is 364 g/mol. The van der Waals surface area contributed by atoms with E-state index in [1.165, 1.54) is 6.07 Å². The predicted octanol–water partition coefficient (Wildman–Crippen LogP) is 4.17. The number of esters is 1. The molecule has 1 fully saturated rings. The van der Waals surface area contributed by atoms with Crippen LogP contribution >= 0.6 is 23.2 Å². The highest BCUT2D eigenvalue weighted by Crippen LogP contribution is 2.29. The van der Waals surface area contributed by atoms with Crippen molar-refractivity contribution in [1.29, 1.82) is 0 Å². The van der Waals surface area contributed by atoms with E-state index in [1.807, 2.05) is 6.07 Å². The van der Waals surface area contributed by atoms with Gasteiger partial charge in [0.1, 0.15) is 0 Å². The maximum atomic E-state index is 12.5. The zero-order chi connectivity index (χ0) is 17.1. The highest BCUT2D eigenvalue weighted by Gasteiger charge is 2.31. The molecule has 0 bridgehead atoms. The highest BCUT2D eigenvalue weighted by atomic mass is 35.5. The maximum absolute atomic E-state index is 12.5. The Morgan fingerprint density at radius 1 is 1.04 bits per heavy atom. The minimum Gasteiger partial charge on any atom is -0.444 e. The summed E-state index contributed by atoms with van der Waals surface area (Å²) in [5.41, 5.74) is 0.728. The third-order valence-electron chi connectivity index (χ3n) is 3.66. The summed E-state index contributed by atoms with van der Waals surface area (Å²) in [6.07, 6.45) is 0.858. The van der Waals surface area contributed by atoms with Crippen molar-refractivity contribution < 1.29 is 14.3 Å². The number of carbonyl (C=O) groups excluding carboxylic acids is 2. The molecule has 0 spiro atoms. The van der Waals surface area contributed by atoms with E-state index in [9.17, 15) is 9.59 Å². The molecular weight excluding hydrogens is 349 g/mol. The van der Waals surface area contributed by atoms with Crippen molar-refractivity contribution in [3.8, 4) is 0 Å². The van der Waals surface area contributed by atoms with Crippen molar-refractivity contribution in [2.24, 2.45) is 0 Å². The summed E-state index contributed by atoms with van der Waals surface area (Å²) in [6.45, 7) is 0. The Labute approximate surface area is 149 Å². The summed E-state index contributed by atoms with van der Waals surface area (Å²) >= 11 is 12.0. The Hall–Kier alpha value is -2.04. The molecule has 0 unspecified atom stereocenters. The molecule has 3 rings (SSSR count). The summed E-state index contributed by atoms with van der Waals surface area (Å²) in [6, 6.07) is 13.7. The van der Waals surface area contributed by atoms with Crippen LogP contribution in [0, 0.1) is 0 Å². The van der Waals surface area contributed by atoms with Gasteiger partial charge in [-0.15, -0.1) is 0 Å². The van der Waals surface area contributed by atoms with Crippen LogP contribution in [0.2, 0.25) is 10.0 Å². The largest absolute Gasteiger partial charge is 0.444 e. The smallest absolute Gasteiger partial charge is 0.340 e. The van der Waals surface area contributed by atoms with Crippen molar-refractivity contribution in [2.75, 3.05) is 0 Å². The monoisotopic (exact) mass is 363 g/mol. The molecule has 0 heterocycles. The number of amides is 1. The lowest BCUT2D eigenvalue weighted by Crippen LogP contribution is -2.33. The molecule has 1 aliphatic rings. The van der Waals surface area contributed by atoms with Gasteiger partial charge in [0.15, 0.2) is 0 Å². The van der Waals surface area contributed by atoms with Crippen LogP contribution in [-0.2, 0) is 9.53 Å². The van der Waals surface area contributed by atoms with Crippen molar-refractivity contribution in [3.63, 3.8) is 0 Å². The Kier molecular flexibility index (Phi) is 5.07. The van der Waals surface area contributed by atoms with Crippen LogP contribution in [0.4, 0.5) is 0 Å². The molecule has 1 saturated carbocycles. The first-order valence-electron chi connectivity index (χ1n) is 7.56. The second-order valence-corrected chi connectivity index (χ2v) is 6.37. The molecule has 1 atom stereocenters. The summed E-state index contributed by atoms with van der Waals surface area (Å²) < 4.78 is 5.45. The first-order valence-corrected chi connectivity index (χ1v) is 8.32. The Morgan fingerprint density at radius 3 is 2.42 bits per heavy atom. The lowest BCUT2D eigenvalue weighted by molar-refractivity contribution is -0.130. The predicted molar refractivity (Wildman–Crippen MR) is 92.2 cm³/mol. The van der Waals surface area contributed by atoms with Gasteiger partial charge in [-0.05, 0) is 25.0 Å². The number of halogens is 2. The van der Waals surface area contributed by atoms with Gasteiger partial charge in [0.25, 0.3) is 5.91 Å². The Balaban J connectivity index is 1.84. The molecule has 4 nitrogen and oxygen atoms in total. The van der Waals surface area contributed by atoms with E-state index in [1.54, 1.807) is 36.4 Å². The van der Waals surface area contributed by atoms with Gasteiger partial charge in [-0.25, -0.2) is 4.79 Å². The molecule has 1 amide bonds. The van der Waals surface area contributed by atoms with Gasteiger partial charge in [0, 0.05) is 11.6 Å². The van der Waals surface area contributed by atoms with Crippen LogP contribution in [0.3, 0.4) is 0 Å². The van der Waals surface area contributed by atoms with Crippen LogP contribution in [0.25, 0.3) is 0 Å². The number of nitrogens with one attached hydrogen (secondary N) is 1. The third kappa shape index (κ3) is 3.89. The normalized spacial score (nSPS) is 14.8. The summed E-state index contributed by atoms with van der Waals surface area (Å²) in [4.78, 5) is 24.9. The molecule has 2 aromatic rings. The molecule has 2 aromatic carbocycles. The lowest BCUT2D eigenvalue weighted by Gasteiger charge is -2.18. The summed E-state index contributed by atoms with van der Waals surface area (Å²) in [5.74, 6) is -1.03. The Morgan fingerprint density at radius 2 is 1.75 bits per heavy atom. The van der Waals surface area contributed by atoms with Gasteiger partial charge in [-0.3, -0.25) is 4.79 Å². The van der Waals surface area contributed by atoms with E-state index < -0.39 is 12.1 Å². The average Bonchev–Trinajstić information content (AvgIpc) is 3.39. The quantitative estimate of drug-likeness (QED) is 0.811. The standard InChI is InChI=1S/C18H15Cl2NO3/c19-14-8-4-7-13(15(14)20)18(23)24-16(11-5-2-1-3-6-11)17(22)21-12-9-10-12/h1-8,12,16H,9-10H2,(H,21,22)/t16-/m1/s1. The van der Waals surface area contributed by atoms with Crippen LogP contribution in [0.5, 0.6) is 0 Å². The number of hydrogen-bond acceptors (Lipinski definition) is 3. The molecule has 6 heteroatoms. The zero-order valence-corrected chi connectivity index (χ0v) is 14.2. The molecule has 124 valence electrons. The first kappa shape index (κ1) is 16.8. The number of rotatable bonds is 5. The fraction of sp³-hybridized carbons (Fsp3) is 0.222. The molecule has 1 aliphatic carbocycles. The summed E-state index contributed by atoms with van der Waals surface area (Å²) in [7, 11) is 0. The van der Waals surface area contributed by atoms with Crippen molar-refractivity contribution >= 4 is 35.1 Å². The summed E-state index contributed by atoms with van der Waals surface area (Å²) in [5, 5.41) is 3.22. The second-order valence-electron chi connectivity index (χ2n) is 5.58. The molecule has 24 heavy (non-hydrogen) atoms. The van der Waals surface area contributed by atoms with Gasteiger partial charge in [-0.1, -0.05) is 59.6 Å². The van der Waals surface area contributed by atoms with Gasteiger partial charge < -0.3 is 10.1 Å². The SMILES string of the molecule is O=C(O[C@@H](C(=O)NC1CC1)c1ccccc1)c1cccc(Cl)c1Cl. The molecule has 0 aromatic heterocycles. The van der Waals surface area contributed by atoms with Crippen LogP contribution < -0.4 is 5.32 Å². The highest BCUT2D eigenvalue weighted by molar-refractivity contribution is 6.43. The second kappa shape index (κ2) is 7.24. The number of ether oxygens (including phenoxy) is 1. The number of hydrogen-bond donors (Lipinski definition) is 1. The van der Waals surface area contributed by atoms with E-state index >= 15 is 0 Å². The van der Waals surface area contributed by atoms with E-state index in [2.05, 4.69) is 5.32 Å². The van der Waals surface area contributed by atoms with Gasteiger partial charge in [0.05, 0.1) is 15.6 Å². The fourth-order valence-corrected chi connectivity index (χ4v) is 2.61. The van der Waals surface area contributed by atoms with Crippen LogP contribution in [0.15, 0.2) is 48.5 Å². The van der Waals surface area contributed by atoms with E-state index in [-0.39, 0.29) is 27.6 Å². The molecule has 0 saturated heterocycles. The molecular formula is C18H15Cl2NO3. The molecule has 0 aliphatic heterocycles. The van der Waals surface area contributed by atoms with Gasteiger partial charge in [-0.2, -0.15) is 0 Å². The van der Waals surface area contributed by atoms with Crippen molar-refractivity contribution in [3.05, 3.63) is 69.7 Å². The molecule has 0 radical (unpaired) electrons. The lowest BCUT2D eigenvalue weighted by atomic mass is 10.1. The fourth-order valence-electron chi connectivity index (χ4n) is 2.24. The van der Waals surface area contributed by atoms with Gasteiger partial charge >= 0.3 is 5.97 Å². The zero-order valence-electron chi connectivity index (χ0n) is 12.7. The Bertz CT molecular complexity index is 760. The molecule has 1 N–H and O–H groups in total. The van der Waals surface area contributed by atoms with E-state index in [0.717, 1.165) is 12.8 Å². The van der Waals surface area contributed by atoms with Crippen LogP contribution in [0.1, 0.15) is 34.9 Å². The minimum atomic E-state index is -1.03. The number of carbonyl (C=O) groups is 2. The van der Waals surface area contributed by atoms with Gasteiger partial charge in [0.2, 0.25) is 6.10 Å². The van der Waals surface area contributed by atoms with Crippen molar-refractivity contribution in [1.82, 2.24) is 5.32 Å². The third-order valence-corrected chi connectivity index (χ3v) is 4.48. The van der Waals surface area contributed by atoms with E-state index in [4.69, 9.17) is 27.9 Å². The maximum Gasteiger partial charge on any atom is 0.340 e. The first-order chi connectivity index (χ1) is 11.6.